The van der Waals surface area contributed by atoms with Gasteiger partial charge in [-0.15, -0.1) is 0 Å². The highest BCUT2D eigenvalue weighted by Gasteiger charge is 2.19. The first-order valence-corrected chi connectivity index (χ1v) is 5.93. The topological polar surface area (TPSA) is 38.7 Å². The van der Waals surface area contributed by atoms with Crippen LogP contribution < -0.4 is 0 Å². The van der Waals surface area contributed by atoms with Gasteiger partial charge in [-0.3, -0.25) is 0 Å². The second-order valence-corrected chi connectivity index (χ2v) is 5.22. The lowest BCUT2D eigenvalue weighted by molar-refractivity contribution is -0.0565. The van der Waals surface area contributed by atoms with Gasteiger partial charge in [-0.05, 0) is 26.2 Å². The molecule has 90 valence electrons. The van der Waals surface area contributed by atoms with Crippen LogP contribution in [0.2, 0.25) is 0 Å². The van der Waals surface area contributed by atoms with E-state index >= 15 is 0 Å². The molecule has 1 heterocycles. The van der Waals surface area contributed by atoms with Gasteiger partial charge in [0.25, 0.3) is 0 Å². The van der Waals surface area contributed by atoms with Crippen molar-refractivity contribution in [2.75, 3.05) is 13.2 Å². The SMILES string of the molecule is C[C@H](CCCC(C)(C)O)CC1OCCO1. The molecule has 0 saturated carbocycles. The molecule has 0 aliphatic carbocycles. The zero-order chi connectivity index (χ0) is 11.3. The van der Waals surface area contributed by atoms with E-state index in [-0.39, 0.29) is 6.29 Å². The molecule has 1 rings (SSSR count). The van der Waals surface area contributed by atoms with Crippen LogP contribution in [0.4, 0.5) is 0 Å². The molecular formula is C12H24O3. The van der Waals surface area contributed by atoms with Crippen molar-refractivity contribution in [3.8, 4) is 0 Å². The third-order valence-electron chi connectivity index (χ3n) is 2.77. The van der Waals surface area contributed by atoms with Crippen molar-refractivity contribution >= 4 is 0 Å². The van der Waals surface area contributed by atoms with Crippen molar-refractivity contribution in [2.45, 2.75) is 58.3 Å². The Balaban J connectivity index is 2.05. The quantitative estimate of drug-likeness (QED) is 0.740. The number of ether oxygens (including phenoxy) is 2. The van der Waals surface area contributed by atoms with E-state index in [1.54, 1.807) is 0 Å². The summed E-state index contributed by atoms with van der Waals surface area (Å²) in [5.74, 6) is 0.607. The van der Waals surface area contributed by atoms with Gasteiger partial charge < -0.3 is 14.6 Å². The Labute approximate surface area is 92.8 Å². The van der Waals surface area contributed by atoms with Gasteiger partial charge in [0.05, 0.1) is 18.8 Å². The maximum absolute atomic E-state index is 9.57. The van der Waals surface area contributed by atoms with Crippen LogP contribution in [0.15, 0.2) is 0 Å². The molecule has 0 spiro atoms. The van der Waals surface area contributed by atoms with Crippen LogP contribution in [-0.4, -0.2) is 30.2 Å². The molecule has 0 unspecified atom stereocenters. The Kier molecular flexibility index (Phi) is 5.03. The molecule has 1 saturated heterocycles. The van der Waals surface area contributed by atoms with E-state index in [2.05, 4.69) is 6.92 Å². The molecule has 1 fully saturated rings. The first kappa shape index (κ1) is 12.9. The maximum Gasteiger partial charge on any atom is 0.158 e. The molecule has 1 N–H and O–H groups in total. The first-order chi connectivity index (χ1) is 6.97. The van der Waals surface area contributed by atoms with Gasteiger partial charge in [-0.1, -0.05) is 19.8 Å². The van der Waals surface area contributed by atoms with Crippen LogP contribution >= 0.6 is 0 Å². The minimum atomic E-state index is -0.528. The normalized spacial score (nSPS) is 20.8. The summed E-state index contributed by atoms with van der Waals surface area (Å²) in [6.07, 6.45) is 4.06. The summed E-state index contributed by atoms with van der Waals surface area (Å²) in [5.41, 5.74) is -0.528. The highest BCUT2D eigenvalue weighted by atomic mass is 16.7. The Morgan fingerprint density at radius 2 is 1.93 bits per heavy atom. The summed E-state index contributed by atoms with van der Waals surface area (Å²) in [6, 6.07) is 0. The average Bonchev–Trinajstić information content (AvgIpc) is 2.54. The third-order valence-corrected chi connectivity index (χ3v) is 2.77. The molecule has 15 heavy (non-hydrogen) atoms. The predicted molar refractivity (Wildman–Crippen MR) is 59.6 cm³/mol. The number of hydrogen-bond acceptors (Lipinski definition) is 3. The van der Waals surface area contributed by atoms with Gasteiger partial charge in [0.15, 0.2) is 6.29 Å². The van der Waals surface area contributed by atoms with Gasteiger partial charge >= 0.3 is 0 Å². The summed E-state index contributed by atoms with van der Waals surface area (Å²) in [4.78, 5) is 0. The summed E-state index contributed by atoms with van der Waals surface area (Å²) in [7, 11) is 0. The number of hydrogen-bond donors (Lipinski definition) is 1. The van der Waals surface area contributed by atoms with Gasteiger partial charge in [0, 0.05) is 6.42 Å². The standard InChI is InChI=1S/C12H24O3/c1-10(5-4-6-12(2,3)13)9-11-14-7-8-15-11/h10-11,13H,4-9H2,1-3H3/t10-/m1/s1. The van der Waals surface area contributed by atoms with Crippen LogP contribution in [0.1, 0.15) is 46.5 Å². The number of rotatable bonds is 6. The lowest BCUT2D eigenvalue weighted by Crippen LogP contribution is -2.19. The Hall–Kier alpha value is -0.120. The largest absolute Gasteiger partial charge is 0.390 e. The monoisotopic (exact) mass is 216 g/mol. The van der Waals surface area contributed by atoms with Crippen LogP contribution in [0.5, 0.6) is 0 Å². The van der Waals surface area contributed by atoms with Crippen LogP contribution in [-0.2, 0) is 9.47 Å². The molecule has 1 aliphatic rings. The minimum absolute atomic E-state index is 0.0159. The minimum Gasteiger partial charge on any atom is -0.390 e. The smallest absolute Gasteiger partial charge is 0.158 e. The lowest BCUT2D eigenvalue weighted by atomic mass is 9.95. The highest BCUT2D eigenvalue weighted by molar-refractivity contribution is 4.67. The van der Waals surface area contributed by atoms with E-state index in [1.807, 2.05) is 13.8 Å². The van der Waals surface area contributed by atoms with Gasteiger partial charge in [-0.2, -0.15) is 0 Å². The predicted octanol–water partition coefficient (Wildman–Crippen LogP) is 2.33. The Morgan fingerprint density at radius 1 is 1.33 bits per heavy atom. The van der Waals surface area contributed by atoms with E-state index in [0.717, 1.165) is 38.9 Å². The van der Waals surface area contributed by atoms with E-state index < -0.39 is 5.60 Å². The van der Waals surface area contributed by atoms with E-state index in [9.17, 15) is 5.11 Å². The van der Waals surface area contributed by atoms with Crippen molar-refractivity contribution in [2.24, 2.45) is 5.92 Å². The van der Waals surface area contributed by atoms with Crippen molar-refractivity contribution in [1.29, 1.82) is 0 Å². The summed E-state index contributed by atoms with van der Waals surface area (Å²) in [5, 5.41) is 9.57. The van der Waals surface area contributed by atoms with Gasteiger partial charge in [0.1, 0.15) is 0 Å². The molecule has 0 amide bonds. The highest BCUT2D eigenvalue weighted by Crippen LogP contribution is 2.21. The second kappa shape index (κ2) is 5.83. The zero-order valence-electron chi connectivity index (χ0n) is 10.2. The molecule has 0 bridgehead atoms. The Morgan fingerprint density at radius 3 is 2.47 bits per heavy atom. The summed E-state index contributed by atoms with van der Waals surface area (Å²) < 4.78 is 10.8. The fourth-order valence-electron chi connectivity index (χ4n) is 1.87. The molecule has 1 aliphatic heterocycles. The molecule has 0 radical (unpaired) electrons. The van der Waals surface area contributed by atoms with Crippen LogP contribution in [0, 0.1) is 5.92 Å². The third kappa shape index (κ3) is 6.13. The first-order valence-electron chi connectivity index (χ1n) is 5.93. The van der Waals surface area contributed by atoms with Crippen molar-refractivity contribution in [3.05, 3.63) is 0 Å². The molecule has 0 aromatic carbocycles. The summed E-state index contributed by atoms with van der Waals surface area (Å²) >= 11 is 0. The molecular weight excluding hydrogens is 192 g/mol. The Bertz CT molecular complexity index is 168. The average molecular weight is 216 g/mol. The second-order valence-electron chi connectivity index (χ2n) is 5.22. The van der Waals surface area contributed by atoms with Crippen molar-refractivity contribution in [1.82, 2.24) is 0 Å². The summed E-state index contributed by atoms with van der Waals surface area (Å²) in [6.45, 7) is 7.42. The molecule has 3 heteroatoms. The molecule has 1 atom stereocenters. The van der Waals surface area contributed by atoms with E-state index in [4.69, 9.17) is 9.47 Å². The maximum atomic E-state index is 9.57. The molecule has 0 aromatic rings. The lowest BCUT2D eigenvalue weighted by Gasteiger charge is -2.19. The van der Waals surface area contributed by atoms with Gasteiger partial charge in [0.2, 0.25) is 0 Å². The van der Waals surface area contributed by atoms with E-state index in [1.165, 1.54) is 0 Å². The number of aliphatic hydroxyl groups is 1. The molecule has 3 nitrogen and oxygen atoms in total. The van der Waals surface area contributed by atoms with Crippen molar-refractivity contribution < 1.29 is 14.6 Å². The zero-order valence-corrected chi connectivity index (χ0v) is 10.2. The van der Waals surface area contributed by atoms with Crippen molar-refractivity contribution in [3.63, 3.8) is 0 Å². The van der Waals surface area contributed by atoms with Crippen LogP contribution in [0.25, 0.3) is 0 Å². The van der Waals surface area contributed by atoms with Crippen LogP contribution in [0.3, 0.4) is 0 Å². The fraction of sp³-hybridized carbons (Fsp3) is 1.00. The van der Waals surface area contributed by atoms with Gasteiger partial charge in [-0.25, -0.2) is 0 Å². The molecule has 0 aromatic heterocycles. The fourth-order valence-corrected chi connectivity index (χ4v) is 1.87. The van der Waals surface area contributed by atoms with E-state index in [0.29, 0.717) is 5.92 Å².